The van der Waals surface area contributed by atoms with Gasteiger partial charge in [0.15, 0.2) is 0 Å². The topological polar surface area (TPSA) is 26.0 Å². The number of nitrogens with two attached hydrogens (primary N) is 1. The van der Waals surface area contributed by atoms with Gasteiger partial charge < -0.3 is 5.73 Å². The Morgan fingerprint density at radius 3 is 2.06 bits per heavy atom. The highest BCUT2D eigenvalue weighted by atomic mass is 19.4. The van der Waals surface area contributed by atoms with Crippen LogP contribution < -0.4 is 5.73 Å². The van der Waals surface area contributed by atoms with E-state index in [2.05, 4.69) is 0 Å². The molecule has 0 saturated carbocycles. The van der Waals surface area contributed by atoms with Gasteiger partial charge in [0.05, 0.1) is 5.56 Å². The van der Waals surface area contributed by atoms with Gasteiger partial charge in [0, 0.05) is 6.04 Å². The number of halogens is 3. The third-order valence-corrected chi connectivity index (χ3v) is 2.88. The lowest BCUT2D eigenvalue weighted by molar-refractivity contribution is -0.137. The van der Waals surface area contributed by atoms with Gasteiger partial charge in [0.1, 0.15) is 0 Å². The van der Waals surface area contributed by atoms with Gasteiger partial charge in [-0.2, -0.15) is 13.2 Å². The molecule has 0 spiro atoms. The van der Waals surface area contributed by atoms with Crippen molar-refractivity contribution in [2.24, 2.45) is 11.7 Å². The summed E-state index contributed by atoms with van der Waals surface area (Å²) in [6.07, 6.45) is -3.37. The van der Waals surface area contributed by atoms with Crippen molar-refractivity contribution in [3.8, 4) is 0 Å². The number of benzene rings is 1. The van der Waals surface area contributed by atoms with Crippen LogP contribution in [0.1, 0.15) is 37.4 Å². The minimum absolute atomic E-state index is 0.202. The van der Waals surface area contributed by atoms with E-state index in [-0.39, 0.29) is 12.0 Å². The molecule has 0 saturated heterocycles. The lowest BCUT2D eigenvalue weighted by Gasteiger charge is -2.19. The average Bonchev–Trinajstić information content (AvgIpc) is 2.26. The second-order valence-corrected chi connectivity index (χ2v) is 4.03. The first-order valence-corrected chi connectivity index (χ1v) is 5.29. The van der Waals surface area contributed by atoms with Crippen LogP contribution in [0, 0.1) is 5.92 Å². The fourth-order valence-electron chi connectivity index (χ4n) is 1.48. The van der Waals surface area contributed by atoms with E-state index in [0.29, 0.717) is 0 Å². The fourth-order valence-corrected chi connectivity index (χ4v) is 1.48. The summed E-state index contributed by atoms with van der Waals surface area (Å²) in [6.45, 7) is 4.00. The van der Waals surface area contributed by atoms with Crippen LogP contribution in [0.5, 0.6) is 0 Å². The molecule has 1 nitrogen and oxygen atoms in total. The molecule has 1 aromatic rings. The highest BCUT2D eigenvalue weighted by molar-refractivity contribution is 5.26. The molecular weight excluding hydrogens is 215 g/mol. The molecule has 0 aliphatic heterocycles. The predicted molar refractivity (Wildman–Crippen MR) is 57.8 cm³/mol. The minimum atomic E-state index is -4.28. The highest BCUT2D eigenvalue weighted by Gasteiger charge is 2.30. The van der Waals surface area contributed by atoms with Crippen LogP contribution in [-0.2, 0) is 6.18 Å². The Labute approximate surface area is 93.5 Å². The summed E-state index contributed by atoms with van der Waals surface area (Å²) in [4.78, 5) is 0. The average molecular weight is 231 g/mol. The summed E-state index contributed by atoms with van der Waals surface area (Å²) in [7, 11) is 0. The second kappa shape index (κ2) is 4.87. The minimum Gasteiger partial charge on any atom is -0.324 e. The van der Waals surface area contributed by atoms with Gasteiger partial charge in [-0.1, -0.05) is 32.4 Å². The van der Waals surface area contributed by atoms with Crippen LogP contribution in [0.15, 0.2) is 24.3 Å². The van der Waals surface area contributed by atoms with E-state index in [1.54, 1.807) is 0 Å². The smallest absolute Gasteiger partial charge is 0.324 e. The van der Waals surface area contributed by atoms with Gasteiger partial charge in [-0.05, 0) is 23.6 Å². The first kappa shape index (κ1) is 13.0. The maximum absolute atomic E-state index is 12.3. The van der Waals surface area contributed by atoms with Crippen LogP contribution in [0.3, 0.4) is 0 Å². The monoisotopic (exact) mass is 231 g/mol. The SMILES string of the molecule is CCC(C)C(N)c1ccc(C(F)(F)F)cc1. The van der Waals surface area contributed by atoms with Gasteiger partial charge in [-0.3, -0.25) is 0 Å². The van der Waals surface area contributed by atoms with E-state index < -0.39 is 11.7 Å². The summed E-state index contributed by atoms with van der Waals surface area (Å²) < 4.78 is 36.9. The zero-order valence-corrected chi connectivity index (χ0v) is 9.38. The van der Waals surface area contributed by atoms with Crippen molar-refractivity contribution in [3.05, 3.63) is 35.4 Å². The van der Waals surface area contributed by atoms with E-state index in [9.17, 15) is 13.2 Å². The number of alkyl halides is 3. The Kier molecular flexibility index (Phi) is 3.97. The summed E-state index contributed by atoms with van der Waals surface area (Å²) in [5, 5.41) is 0. The molecule has 0 bridgehead atoms. The van der Waals surface area contributed by atoms with E-state index in [0.717, 1.165) is 24.1 Å². The molecule has 0 fully saturated rings. The normalized spacial score (nSPS) is 15.9. The Hall–Kier alpha value is -1.03. The first-order valence-electron chi connectivity index (χ1n) is 5.29. The van der Waals surface area contributed by atoms with E-state index in [1.165, 1.54) is 12.1 Å². The lowest BCUT2D eigenvalue weighted by Crippen LogP contribution is -2.18. The van der Waals surface area contributed by atoms with Gasteiger partial charge in [0.2, 0.25) is 0 Å². The van der Waals surface area contributed by atoms with Crippen molar-refractivity contribution in [2.45, 2.75) is 32.5 Å². The fraction of sp³-hybridized carbons (Fsp3) is 0.500. The van der Waals surface area contributed by atoms with Gasteiger partial charge in [-0.25, -0.2) is 0 Å². The van der Waals surface area contributed by atoms with E-state index in [4.69, 9.17) is 5.73 Å². The second-order valence-electron chi connectivity index (χ2n) is 4.03. The Morgan fingerprint density at radius 2 is 1.69 bits per heavy atom. The Bertz CT molecular complexity index is 329. The standard InChI is InChI=1S/C12H16F3N/c1-3-8(2)11(16)9-4-6-10(7-5-9)12(13,14)15/h4-8,11H,3,16H2,1-2H3. The quantitative estimate of drug-likeness (QED) is 0.842. The molecular formula is C12H16F3N. The predicted octanol–water partition coefficient (Wildman–Crippen LogP) is 3.75. The zero-order valence-electron chi connectivity index (χ0n) is 9.38. The first-order chi connectivity index (χ1) is 7.36. The van der Waals surface area contributed by atoms with E-state index >= 15 is 0 Å². The largest absolute Gasteiger partial charge is 0.416 e. The van der Waals surface area contributed by atoms with Crippen molar-refractivity contribution >= 4 is 0 Å². The Morgan fingerprint density at radius 1 is 1.19 bits per heavy atom. The summed E-state index contributed by atoms with van der Waals surface area (Å²) in [5.41, 5.74) is 6.05. The van der Waals surface area contributed by atoms with Crippen molar-refractivity contribution in [3.63, 3.8) is 0 Å². The third-order valence-electron chi connectivity index (χ3n) is 2.88. The van der Waals surface area contributed by atoms with Gasteiger partial charge >= 0.3 is 6.18 Å². The number of rotatable bonds is 3. The maximum atomic E-state index is 12.3. The highest BCUT2D eigenvalue weighted by Crippen LogP contribution is 2.30. The molecule has 0 radical (unpaired) electrons. The van der Waals surface area contributed by atoms with Crippen molar-refractivity contribution in [1.82, 2.24) is 0 Å². The summed E-state index contributed by atoms with van der Waals surface area (Å²) in [5.74, 6) is 0.261. The van der Waals surface area contributed by atoms with Crippen LogP contribution in [0.25, 0.3) is 0 Å². The molecule has 1 rings (SSSR count). The summed E-state index contributed by atoms with van der Waals surface area (Å²) >= 11 is 0. The number of hydrogen-bond donors (Lipinski definition) is 1. The molecule has 1 aromatic carbocycles. The molecule has 0 amide bonds. The Balaban J connectivity index is 2.87. The molecule has 2 unspecified atom stereocenters. The molecule has 16 heavy (non-hydrogen) atoms. The van der Waals surface area contributed by atoms with Crippen LogP contribution >= 0.6 is 0 Å². The molecule has 4 heteroatoms. The van der Waals surface area contributed by atoms with Gasteiger partial charge in [0.25, 0.3) is 0 Å². The number of hydrogen-bond acceptors (Lipinski definition) is 1. The van der Waals surface area contributed by atoms with Crippen molar-refractivity contribution in [2.75, 3.05) is 0 Å². The van der Waals surface area contributed by atoms with Crippen molar-refractivity contribution < 1.29 is 13.2 Å². The summed E-state index contributed by atoms with van der Waals surface area (Å²) in [6, 6.07) is 4.88. The van der Waals surface area contributed by atoms with Crippen molar-refractivity contribution in [1.29, 1.82) is 0 Å². The molecule has 2 atom stereocenters. The zero-order chi connectivity index (χ0) is 12.3. The molecule has 0 aliphatic rings. The molecule has 0 heterocycles. The van der Waals surface area contributed by atoms with Crippen LogP contribution in [-0.4, -0.2) is 0 Å². The molecule has 90 valence electrons. The lowest BCUT2D eigenvalue weighted by atomic mass is 9.93. The van der Waals surface area contributed by atoms with Crippen LogP contribution in [0.2, 0.25) is 0 Å². The molecule has 2 N–H and O–H groups in total. The van der Waals surface area contributed by atoms with E-state index in [1.807, 2.05) is 13.8 Å². The third kappa shape index (κ3) is 2.98. The molecule has 0 aliphatic carbocycles. The van der Waals surface area contributed by atoms with Crippen LogP contribution in [0.4, 0.5) is 13.2 Å². The maximum Gasteiger partial charge on any atom is 0.416 e. The van der Waals surface area contributed by atoms with Gasteiger partial charge in [-0.15, -0.1) is 0 Å². The molecule has 0 aromatic heterocycles.